The number of nitrogen functional groups attached to an aromatic ring is 1. The molecule has 0 saturated carbocycles. The van der Waals surface area contributed by atoms with E-state index in [2.05, 4.69) is 4.98 Å². The summed E-state index contributed by atoms with van der Waals surface area (Å²) < 4.78 is 15.1. The van der Waals surface area contributed by atoms with E-state index in [9.17, 15) is 9.18 Å². The Morgan fingerprint density at radius 1 is 1.56 bits per heavy atom. The fourth-order valence-electron chi connectivity index (χ4n) is 2.08. The van der Waals surface area contributed by atoms with Crippen molar-refractivity contribution in [3.63, 3.8) is 0 Å². The minimum absolute atomic E-state index is 0.159. The third-order valence-corrected chi connectivity index (χ3v) is 2.93. The summed E-state index contributed by atoms with van der Waals surface area (Å²) in [4.78, 5) is 15.1. The standard InChI is InChI=1S/C12H15FN4O/c1-6-3-10-9(5-8(6)13)16-12(15)17(10)7(2)4-11(14)18/h3,5,7H,4H2,1-2H3,(H2,14,18)(H2,15,16). The van der Waals surface area contributed by atoms with Gasteiger partial charge >= 0.3 is 0 Å². The molecule has 1 atom stereocenters. The number of nitrogens with two attached hydrogens (primary N) is 2. The molecule has 0 radical (unpaired) electrons. The first-order valence-electron chi connectivity index (χ1n) is 5.62. The number of carbonyl (C=O) groups is 1. The van der Waals surface area contributed by atoms with Crippen LogP contribution >= 0.6 is 0 Å². The van der Waals surface area contributed by atoms with Crippen molar-refractivity contribution >= 4 is 22.9 Å². The molecule has 2 aromatic rings. The van der Waals surface area contributed by atoms with Crippen molar-refractivity contribution in [3.05, 3.63) is 23.5 Å². The van der Waals surface area contributed by atoms with Crippen LogP contribution in [0.25, 0.3) is 11.0 Å². The molecule has 0 bridgehead atoms. The zero-order valence-electron chi connectivity index (χ0n) is 10.3. The smallest absolute Gasteiger partial charge is 0.219 e. The van der Waals surface area contributed by atoms with E-state index in [1.165, 1.54) is 6.07 Å². The quantitative estimate of drug-likeness (QED) is 0.865. The van der Waals surface area contributed by atoms with Crippen molar-refractivity contribution in [2.45, 2.75) is 26.3 Å². The number of anilines is 1. The number of halogens is 1. The van der Waals surface area contributed by atoms with Crippen molar-refractivity contribution in [3.8, 4) is 0 Å². The summed E-state index contributed by atoms with van der Waals surface area (Å²) in [7, 11) is 0. The number of fused-ring (bicyclic) bond motifs is 1. The monoisotopic (exact) mass is 250 g/mol. The van der Waals surface area contributed by atoms with Gasteiger partial charge in [-0.2, -0.15) is 0 Å². The number of carbonyl (C=O) groups excluding carboxylic acids is 1. The number of nitrogens with zero attached hydrogens (tertiary/aromatic N) is 2. The number of amides is 1. The zero-order valence-corrected chi connectivity index (χ0v) is 10.3. The summed E-state index contributed by atoms with van der Waals surface area (Å²) in [6.07, 6.45) is 0.159. The third kappa shape index (κ3) is 2.01. The van der Waals surface area contributed by atoms with Crippen molar-refractivity contribution < 1.29 is 9.18 Å². The van der Waals surface area contributed by atoms with Crippen LogP contribution in [-0.4, -0.2) is 15.5 Å². The second-order valence-electron chi connectivity index (χ2n) is 4.45. The molecule has 1 unspecified atom stereocenters. The van der Waals surface area contributed by atoms with Gasteiger partial charge in [0.15, 0.2) is 0 Å². The van der Waals surface area contributed by atoms with Gasteiger partial charge in [0.1, 0.15) is 5.82 Å². The molecule has 1 heterocycles. The fourth-order valence-corrected chi connectivity index (χ4v) is 2.08. The van der Waals surface area contributed by atoms with Gasteiger partial charge in [-0.15, -0.1) is 0 Å². The van der Waals surface area contributed by atoms with Gasteiger partial charge in [-0.25, -0.2) is 9.37 Å². The number of primary amides is 1. The molecule has 1 aromatic heterocycles. The number of hydrogen-bond acceptors (Lipinski definition) is 3. The number of aryl methyl sites for hydroxylation is 1. The lowest BCUT2D eigenvalue weighted by Crippen LogP contribution is -2.18. The van der Waals surface area contributed by atoms with Crippen molar-refractivity contribution in [1.82, 2.24) is 9.55 Å². The second kappa shape index (κ2) is 4.29. The van der Waals surface area contributed by atoms with Crippen molar-refractivity contribution in [2.75, 3.05) is 5.73 Å². The molecule has 1 aromatic carbocycles. The Kier molecular flexibility index (Phi) is 2.94. The number of rotatable bonds is 3. The van der Waals surface area contributed by atoms with E-state index in [4.69, 9.17) is 11.5 Å². The van der Waals surface area contributed by atoms with Gasteiger partial charge in [0.2, 0.25) is 11.9 Å². The van der Waals surface area contributed by atoms with Crippen LogP contribution in [0.2, 0.25) is 0 Å². The SMILES string of the molecule is Cc1cc2c(cc1F)nc(N)n2C(C)CC(N)=O. The van der Waals surface area contributed by atoms with E-state index in [0.29, 0.717) is 16.6 Å². The number of hydrogen-bond donors (Lipinski definition) is 2. The maximum atomic E-state index is 13.4. The molecule has 96 valence electrons. The van der Waals surface area contributed by atoms with Crippen LogP contribution in [0.4, 0.5) is 10.3 Å². The second-order valence-corrected chi connectivity index (χ2v) is 4.45. The van der Waals surface area contributed by atoms with Crippen molar-refractivity contribution in [1.29, 1.82) is 0 Å². The van der Waals surface area contributed by atoms with E-state index in [1.807, 2.05) is 6.92 Å². The van der Waals surface area contributed by atoms with E-state index < -0.39 is 5.91 Å². The average molecular weight is 250 g/mol. The highest BCUT2D eigenvalue weighted by Gasteiger charge is 2.17. The van der Waals surface area contributed by atoms with Gasteiger partial charge in [-0.05, 0) is 25.5 Å². The Morgan fingerprint density at radius 2 is 2.22 bits per heavy atom. The van der Waals surface area contributed by atoms with E-state index in [0.717, 1.165) is 0 Å². The minimum atomic E-state index is -0.414. The predicted octanol–water partition coefficient (Wildman–Crippen LogP) is 1.50. The average Bonchev–Trinajstić information content (AvgIpc) is 2.53. The summed E-state index contributed by atoms with van der Waals surface area (Å²) in [5.74, 6) is -0.485. The number of aromatic nitrogens is 2. The lowest BCUT2D eigenvalue weighted by Gasteiger charge is -2.14. The Bertz CT molecular complexity index is 620. The Balaban J connectivity index is 2.59. The van der Waals surface area contributed by atoms with Crippen LogP contribution < -0.4 is 11.5 Å². The molecular weight excluding hydrogens is 235 g/mol. The summed E-state index contributed by atoms with van der Waals surface area (Å²) in [5, 5.41) is 0. The molecule has 5 nitrogen and oxygen atoms in total. The van der Waals surface area contributed by atoms with Crippen LogP contribution in [0.1, 0.15) is 24.9 Å². The lowest BCUT2D eigenvalue weighted by molar-refractivity contribution is -0.118. The summed E-state index contributed by atoms with van der Waals surface area (Å²) in [5.41, 5.74) is 12.7. The molecular formula is C12H15FN4O. The van der Waals surface area contributed by atoms with Gasteiger partial charge in [0, 0.05) is 18.5 Å². The van der Waals surface area contributed by atoms with Gasteiger partial charge in [0.25, 0.3) is 0 Å². The molecule has 4 N–H and O–H groups in total. The highest BCUT2D eigenvalue weighted by Crippen LogP contribution is 2.26. The van der Waals surface area contributed by atoms with Crippen LogP contribution in [0, 0.1) is 12.7 Å². The fraction of sp³-hybridized carbons (Fsp3) is 0.333. The summed E-state index contributed by atoms with van der Waals surface area (Å²) in [6.45, 7) is 3.49. The molecule has 6 heteroatoms. The number of benzene rings is 1. The highest BCUT2D eigenvalue weighted by atomic mass is 19.1. The molecule has 0 aliphatic heterocycles. The van der Waals surface area contributed by atoms with Gasteiger partial charge in [-0.3, -0.25) is 4.79 Å². The molecule has 0 aliphatic rings. The molecule has 2 rings (SSSR count). The van der Waals surface area contributed by atoms with Crippen LogP contribution in [0.5, 0.6) is 0 Å². The highest BCUT2D eigenvalue weighted by molar-refractivity contribution is 5.80. The Labute approximate surface area is 104 Å². The maximum Gasteiger partial charge on any atom is 0.219 e. The summed E-state index contributed by atoms with van der Waals surface area (Å²) >= 11 is 0. The van der Waals surface area contributed by atoms with E-state index in [-0.39, 0.29) is 24.2 Å². The molecule has 0 spiro atoms. The van der Waals surface area contributed by atoms with Gasteiger partial charge in [0.05, 0.1) is 11.0 Å². The Morgan fingerprint density at radius 3 is 2.83 bits per heavy atom. The Hall–Kier alpha value is -2.11. The van der Waals surface area contributed by atoms with E-state index >= 15 is 0 Å². The first kappa shape index (κ1) is 12.3. The largest absolute Gasteiger partial charge is 0.370 e. The minimum Gasteiger partial charge on any atom is -0.370 e. The summed E-state index contributed by atoms with van der Waals surface area (Å²) in [6, 6.07) is 2.80. The normalized spacial score (nSPS) is 12.8. The van der Waals surface area contributed by atoms with Gasteiger partial charge in [-0.1, -0.05) is 0 Å². The molecule has 0 aliphatic carbocycles. The predicted molar refractivity (Wildman–Crippen MR) is 67.4 cm³/mol. The van der Waals surface area contributed by atoms with Gasteiger partial charge < -0.3 is 16.0 Å². The van der Waals surface area contributed by atoms with Crippen LogP contribution in [0.3, 0.4) is 0 Å². The van der Waals surface area contributed by atoms with E-state index in [1.54, 1.807) is 17.6 Å². The zero-order chi connectivity index (χ0) is 13.4. The van der Waals surface area contributed by atoms with Crippen LogP contribution in [0.15, 0.2) is 12.1 Å². The van der Waals surface area contributed by atoms with Crippen LogP contribution in [-0.2, 0) is 4.79 Å². The molecule has 0 fully saturated rings. The first-order valence-corrected chi connectivity index (χ1v) is 5.62. The molecule has 0 saturated heterocycles. The molecule has 18 heavy (non-hydrogen) atoms. The molecule has 1 amide bonds. The lowest BCUT2D eigenvalue weighted by atomic mass is 10.2. The third-order valence-electron chi connectivity index (χ3n) is 2.93. The van der Waals surface area contributed by atoms with Crippen molar-refractivity contribution in [2.24, 2.45) is 5.73 Å². The maximum absolute atomic E-state index is 13.4. The first-order chi connectivity index (χ1) is 8.40. The number of imidazole rings is 1. The topological polar surface area (TPSA) is 86.9 Å².